The van der Waals surface area contributed by atoms with Gasteiger partial charge in [0.05, 0.1) is 6.61 Å². The summed E-state index contributed by atoms with van der Waals surface area (Å²) >= 11 is 0. The van der Waals surface area contributed by atoms with E-state index in [-0.39, 0.29) is 12.0 Å². The third kappa shape index (κ3) is 3.97. The van der Waals surface area contributed by atoms with Crippen molar-refractivity contribution in [2.24, 2.45) is 0 Å². The average Bonchev–Trinajstić information content (AvgIpc) is 3.23. The smallest absolute Gasteiger partial charge is 0.253 e. The molecular weight excluding hydrogens is 328 g/mol. The second-order valence-corrected chi connectivity index (χ2v) is 7.19. The van der Waals surface area contributed by atoms with E-state index in [1.165, 1.54) is 11.3 Å². The molecule has 2 saturated heterocycles. The van der Waals surface area contributed by atoms with E-state index in [0.717, 1.165) is 39.0 Å². The summed E-state index contributed by atoms with van der Waals surface area (Å²) in [6.07, 6.45) is 3.42. The van der Waals surface area contributed by atoms with Gasteiger partial charge in [0.25, 0.3) is 5.91 Å². The number of morpholine rings is 1. The zero-order valence-electron chi connectivity index (χ0n) is 15.0. The molecule has 6 heteroatoms. The van der Waals surface area contributed by atoms with Crippen LogP contribution in [0.1, 0.15) is 30.0 Å². The summed E-state index contributed by atoms with van der Waals surface area (Å²) < 4.78 is 5.81. The molecule has 4 rings (SSSR count). The minimum atomic E-state index is -0.337. The Hall–Kier alpha value is -2.18. The van der Waals surface area contributed by atoms with Crippen molar-refractivity contribution in [3.63, 3.8) is 0 Å². The third-order valence-electron chi connectivity index (χ3n) is 5.44. The lowest BCUT2D eigenvalue weighted by molar-refractivity contribution is -0.150. The Kier molecular flexibility index (Phi) is 5.32. The van der Waals surface area contributed by atoms with Crippen molar-refractivity contribution in [1.29, 1.82) is 0 Å². The van der Waals surface area contributed by atoms with E-state index >= 15 is 0 Å². The van der Waals surface area contributed by atoms with Gasteiger partial charge in [-0.05, 0) is 24.5 Å². The van der Waals surface area contributed by atoms with Gasteiger partial charge in [0, 0.05) is 50.5 Å². The maximum Gasteiger partial charge on any atom is 0.253 e. The molecule has 1 N–H and O–H groups in total. The SMILES string of the molecule is O=C(C1CN(Cc2ccccc2)CCO1)N1CCC(c2ccn[nH]2)CC1. The molecule has 6 nitrogen and oxygen atoms in total. The van der Waals surface area contributed by atoms with Crippen LogP contribution in [0.5, 0.6) is 0 Å². The molecule has 0 bridgehead atoms. The Morgan fingerprint density at radius 3 is 2.69 bits per heavy atom. The van der Waals surface area contributed by atoms with Crippen LogP contribution < -0.4 is 0 Å². The van der Waals surface area contributed by atoms with E-state index in [4.69, 9.17) is 4.74 Å². The van der Waals surface area contributed by atoms with Crippen molar-refractivity contribution in [2.45, 2.75) is 31.4 Å². The topological polar surface area (TPSA) is 61.5 Å². The number of aromatic nitrogens is 2. The summed E-state index contributed by atoms with van der Waals surface area (Å²) in [7, 11) is 0. The number of hydrogen-bond acceptors (Lipinski definition) is 4. The highest BCUT2D eigenvalue weighted by molar-refractivity contribution is 5.81. The Morgan fingerprint density at radius 1 is 1.15 bits per heavy atom. The molecule has 0 radical (unpaired) electrons. The summed E-state index contributed by atoms with van der Waals surface area (Å²) in [5.41, 5.74) is 2.46. The fourth-order valence-corrected chi connectivity index (χ4v) is 3.95. The Morgan fingerprint density at radius 2 is 1.96 bits per heavy atom. The molecule has 1 unspecified atom stereocenters. The average molecular weight is 354 g/mol. The van der Waals surface area contributed by atoms with Gasteiger partial charge in [-0.3, -0.25) is 14.8 Å². The summed E-state index contributed by atoms with van der Waals surface area (Å²) in [5, 5.41) is 7.10. The van der Waals surface area contributed by atoms with Crippen molar-refractivity contribution < 1.29 is 9.53 Å². The molecule has 0 saturated carbocycles. The fourth-order valence-electron chi connectivity index (χ4n) is 3.95. The zero-order chi connectivity index (χ0) is 17.8. The number of carbonyl (C=O) groups excluding carboxylic acids is 1. The standard InChI is InChI=1S/C20H26N4O2/c25-20(24-10-7-17(8-11-24)18-6-9-21-22-18)19-15-23(12-13-26-19)14-16-4-2-1-3-5-16/h1-6,9,17,19H,7-8,10-15H2,(H,21,22). The molecule has 2 fully saturated rings. The number of H-pyrrole nitrogens is 1. The van der Waals surface area contributed by atoms with E-state index in [1.807, 2.05) is 17.0 Å². The van der Waals surface area contributed by atoms with Crippen LogP contribution in [0.15, 0.2) is 42.6 Å². The number of benzene rings is 1. The maximum atomic E-state index is 12.9. The predicted molar refractivity (Wildman–Crippen MR) is 98.6 cm³/mol. The van der Waals surface area contributed by atoms with Crippen molar-refractivity contribution in [3.05, 3.63) is 53.9 Å². The minimum Gasteiger partial charge on any atom is -0.366 e. The van der Waals surface area contributed by atoms with Crippen LogP contribution in [0.3, 0.4) is 0 Å². The fraction of sp³-hybridized carbons (Fsp3) is 0.500. The number of rotatable bonds is 4. The molecule has 2 aromatic rings. The molecule has 0 spiro atoms. The molecule has 26 heavy (non-hydrogen) atoms. The highest BCUT2D eigenvalue weighted by atomic mass is 16.5. The summed E-state index contributed by atoms with van der Waals surface area (Å²) in [6.45, 7) is 4.63. The predicted octanol–water partition coefficient (Wildman–Crippen LogP) is 2.02. The van der Waals surface area contributed by atoms with Gasteiger partial charge in [-0.15, -0.1) is 0 Å². The second kappa shape index (κ2) is 8.01. The van der Waals surface area contributed by atoms with E-state index in [2.05, 4.69) is 39.4 Å². The summed E-state index contributed by atoms with van der Waals surface area (Å²) in [5.74, 6) is 0.620. The minimum absolute atomic E-state index is 0.144. The number of ether oxygens (including phenoxy) is 1. The first-order valence-electron chi connectivity index (χ1n) is 9.45. The van der Waals surface area contributed by atoms with Gasteiger partial charge in [-0.1, -0.05) is 30.3 Å². The van der Waals surface area contributed by atoms with Gasteiger partial charge in [0.2, 0.25) is 0 Å². The number of likely N-dealkylation sites (tertiary alicyclic amines) is 1. The van der Waals surface area contributed by atoms with Crippen LogP contribution in [0.4, 0.5) is 0 Å². The van der Waals surface area contributed by atoms with Crippen molar-refractivity contribution >= 4 is 5.91 Å². The molecule has 1 atom stereocenters. The molecule has 138 valence electrons. The number of nitrogens with zero attached hydrogens (tertiary/aromatic N) is 3. The van der Waals surface area contributed by atoms with E-state index < -0.39 is 0 Å². The lowest BCUT2D eigenvalue weighted by atomic mass is 9.93. The number of hydrogen-bond donors (Lipinski definition) is 1. The summed E-state index contributed by atoms with van der Waals surface area (Å²) in [4.78, 5) is 17.2. The lowest BCUT2D eigenvalue weighted by Crippen LogP contribution is -2.52. The van der Waals surface area contributed by atoms with Crippen LogP contribution in [-0.4, -0.2) is 64.8 Å². The van der Waals surface area contributed by atoms with Gasteiger partial charge in [-0.2, -0.15) is 5.10 Å². The first kappa shape index (κ1) is 17.2. The van der Waals surface area contributed by atoms with Gasteiger partial charge < -0.3 is 9.64 Å². The van der Waals surface area contributed by atoms with Crippen LogP contribution in [0.2, 0.25) is 0 Å². The van der Waals surface area contributed by atoms with Crippen molar-refractivity contribution in [1.82, 2.24) is 20.0 Å². The number of amides is 1. The van der Waals surface area contributed by atoms with Crippen LogP contribution in [0, 0.1) is 0 Å². The lowest BCUT2D eigenvalue weighted by Gasteiger charge is -2.37. The normalized spacial score (nSPS) is 22.5. The number of carbonyl (C=O) groups is 1. The Labute approximate surface area is 154 Å². The van der Waals surface area contributed by atoms with E-state index in [9.17, 15) is 4.79 Å². The zero-order valence-corrected chi connectivity index (χ0v) is 15.0. The van der Waals surface area contributed by atoms with E-state index in [0.29, 0.717) is 19.1 Å². The Bertz CT molecular complexity index is 696. The maximum absolute atomic E-state index is 12.9. The molecule has 1 amide bonds. The quantitative estimate of drug-likeness (QED) is 0.912. The van der Waals surface area contributed by atoms with Crippen LogP contribution in [0.25, 0.3) is 0 Å². The van der Waals surface area contributed by atoms with Crippen LogP contribution >= 0.6 is 0 Å². The number of aromatic amines is 1. The highest BCUT2D eigenvalue weighted by Crippen LogP contribution is 2.27. The van der Waals surface area contributed by atoms with Gasteiger partial charge in [0.15, 0.2) is 0 Å². The van der Waals surface area contributed by atoms with Crippen molar-refractivity contribution in [3.8, 4) is 0 Å². The van der Waals surface area contributed by atoms with Crippen LogP contribution in [-0.2, 0) is 16.1 Å². The van der Waals surface area contributed by atoms with E-state index in [1.54, 1.807) is 6.20 Å². The molecule has 3 heterocycles. The highest BCUT2D eigenvalue weighted by Gasteiger charge is 2.32. The van der Waals surface area contributed by atoms with Gasteiger partial charge in [0.1, 0.15) is 6.10 Å². The molecule has 1 aromatic carbocycles. The molecule has 0 aliphatic carbocycles. The molecule has 2 aliphatic rings. The first-order chi connectivity index (χ1) is 12.8. The van der Waals surface area contributed by atoms with Gasteiger partial charge >= 0.3 is 0 Å². The second-order valence-electron chi connectivity index (χ2n) is 7.19. The van der Waals surface area contributed by atoms with Crippen molar-refractivity contribution in [2.75, 3.05) is 32.8 Å². The number of piperidine rings is 1. The molecule has 2 aliphatic heterocycles. The molecule has 1 aromatic heterocycles. The van der Waals surface area contributed by atoms with Gasteiger partial charge in [-0.25, -0.2) is 0 Å². The molecular formula is C20H26N4O2. The number of nitrogens with one attached hydrogen (secondary N) is 1. The largest absolute Gasteiger partial charge is 0.366 e. The first-order valence-corrected chi connectivity index (χ1v) is 9.45. The summed E-state index contributed by atoms with van der Waals surface area (Å²) in [6, 6.07) is 12.4. The third-order valence-corrected chi connectivity index (χ3v) is 5.44. The monoisotopic (exact) mass is 354 g/mol. The Balaban J connectivity index is 1.30.